The highest BCUT2D eigenvalue weighted by Crippen LogP contribution is 2.32. The third kappa shape index (κ3) is 9.48. The number of ether oxygens (including phenoxy) is 1. The van der Waals surface area contributed by atoms with Gasteiger partial charge in [0.15, 0.2) is 0 Å². The van der Waals surface area contributed by atoms with Crippen LogP contribution in [0.3, 0.4) is 0 Å². The van der Waals surface area contributed by atoms with E-state index < -0.39 is 29.3 Å². The topological polar surface area (TPSA) is 87.7 Å². The fourth-order valence-electron chi connectivity index (χ4n) is 3.58. The lowest BCUT2D eigenvalue weighted by Gasteiger charge is -2.43. The number of carbonyl (C=O) groups is 3. The number of amides is 3. The largest absolute Gasteiger partial charge is 0.444 e. The fraction of sp³-hybridized carbons (Fsp3) is 0.593. The Bertz CT molecular complexity index is 926. The first-order chi connectivity index (χ1) is 16.1. The number of terminal acetylenes is 1. The molecule has 0 bridgehead atoms. The van der Waals surface area contributed by atoms with Crippen molar-refractivity contribution in [3.8, 4) is 12.3 Å². The highest BCUT2D eigenvalue weighted by atomic mass is 32.2. The lowest BCUT2D eigenvalue weighted by molar-refractivity contribution is -0.148. The van der Waals surface area contributed by atoms with Gasteiger partial charge < -0.3 is 20.3 Å². The van der Waals surface area contributed by atoms with Gasteiger partial charge in [-0.25, -0.2) is 4.79 Å². The lowest BCUT2D eigenvalue weighted by Crippen LogP contribution is -2.59. The first-order valence-corrected chi connectivity index (χ1v) is 13.2. The molecule has 7 nitrogen and oxygen atoms in total. The molecule has 1 aromatic rings. The molecule has 1 aromatic carbocycles. The highest BCUT2D eigenvalue weighted by molar-refractivity contribution is 7.98. The van der Waals surface area contributed by atoms with Crippen LogP contribution < -0.4 is 10.6 Å². The van der Waals surface area contributed by atoms with E-state index in [2.05, 4.69) is 16.6 Å². The molecular formula is C27H41N3O4S. The molecule has 0 aliphatic carbocycles. The van der Waals surface area contributed by atoms with E-state index in [0.29, 0.717) is 23.3 Å². The molecule has 3 amide bonds. The lowest BCUT2D eigenvalue weighted by atomic mass is 9.92. The standard InChI is InChI=1S/C27H41N3O4S/c1-11-19-14-12-13-15-20(19)22(23(31)28-18(2)3)30(26(4,5)6)24(32)21(16-17-35-10)29-25(33)34-27(7,8)9/h1,12-15,18,21-22H,16-17H2,2-10H3,(H,28,31)(H,29,33). The van der Waals surface area contributed by atoms with Gasteiger partial charge in [-0.3, -0.25) is 9.59 Å². The molecule has 0 radical (unpaired) electrons. The molecule has 0 aromatic heterocycles. The van der Waals surface area contributed by atoms with Crippen molar-refractivity contribution in [2.75, 3.05) is 12.0 Å². The summed E-state index contributed by atoms with van der Waals surface area (Å²) in [6.45, 7) is 14.6. The van der Waals surface area contributed by atoms with Crippen LogP contribution in [0.15, 0.2) is 24.3 Å². The van der Waals surface area contributed by atoms with Crippen molar-refractivity contribution < 1.29 is 19.1 Å². The van der Waals surface area contributed by atoms with E-state index in [0.717, 1.165) is 0 Å². The maximum atomic E-state index is 14.1. The number of hydrogen-bond acceptors (Lipinski definition) is 5. The van der Waals surface area contributed by atoms with Crippen molar-refractivity contribution in [3.63, 3.8) is 0 Å². The van der Waals surface area contributed by atoms with Crippen LogP contribution in [0.1, 0.15) is 79.0 Å². The summed E-state index contributed by atoms with van der Waals surface area (Å²) in [7, 11) is 0. The van der Waals surface area contributed by atoms with Gasteiger partial charge in [-0.05, 0) is 85.4 Å². The van der Waals surface area contributed by atoms with Gasteiger partial charge >= 0.3 is 6.09 Å². The van der Waals surface area contributed by atoms with E-state index >= 15 is 0 Å². The van der Waals surface area contributed by atoms with Crippen LogP contribution in [0.2, 0.25) is 0 Å². The Hall–Kier alpha value is -2.66. The number of benzene rings is 1. The Morgan fingerprint density at radius 2 is 1.69 bits per heavy atom. The molecule has 2 N–H and O–H groups in total. The van der Waals surface area contributed by atoms with E-state index in [4.69, 9.17) is 11.2 Å². The van der Waals surface area contributed by atoms with E-state index in [9.17, 15) is 14.4 Å². The summed E-state index contributed by atoms with van der Waals surface area (Å²) in [5, 5.41) is 5.67. The second-order valence-electron chi connectivity index (χ2n) is 10.7. The number of thioether (sulfide) groups is 1. The maximum absolute atomic E-state index is 14.1. The van der Waals surface area contributed by atoms with Gasteiger partial charge in [-0.1, -0.05) is 24.1 Å². The highest BCUT2D eigenvalue weighted by Gasteiger charge is 2.42. The molecule has 1 rings (SSSR count). The Morgan fingerprint density at radius 1 is 1.09 bits per heavy atom. The van der Waals surface area contributed by atoms with Crippen LogP contribution in [0, 0.1) is 12.3 Å². The molecule has 0 aliphatic rings. The van der Waals surface area contributed by atoms with Crippen LogP contribution >= 0.6 is 11.8 Å². The first-order valence-electron chi connectivity index (χ1n) is 11.8. The first kappa shape index (κ1) is 30.4. The number of rotatable bonds is 9. The summed E-state index contributed by atoms with van der Waals surface area (Å²) in [6.07, 6.45) is 7.39. The smallest absolute Gasteiger partial charge is 0.408 e. The normalized spacial score (nSPS) is 13.4. The number of nitrogens with one attached hydrogen (secondary N) is 2. The predicted octanol–water partition coefficient (Wildman–Crippen LogP) is 4.51. The number of hydrogen-bond donors (Lipinski definition) is 2. The van der Waals surface area contributed by atoms with Gasteiger partial charge in [0.1, 0.15) is 17.7 Å². The van der Waals surface area contributed by atoms with Gasteiger partial charge in [0, 0.05) is 17.1 Å². The van der Waals surface area contributed by atoms with Crippen LogP contribution in [0.4, 0.5) is 4.79 Å². The summed E-state index contributed by atoms with van der Waals surface area (Å²) in [6, 6.07) is 5.08. The second kappa shape index (κ2) is 12.9. The monoisotopic (exact) mass is 503 g/mol. The van der Waals surface area contributed by atoms with E-state index in [-0.39, 0.29) is 17.9 Å². The van der Waals surface area contributed by atoms with Gasteiger partial charge in [-0.2, -0.15) is 11.8 Å². The van der Waals surface area contributed by atoms with Gasteiger partial charge in [0.2, 0.25) is 11.8 Å². The average molecular weight is 504 g/mol. The molecule has 0 heterocycles. The molecule has 0 spiro atoms. The Balaban J connectivity index is 3.62. The fourth-order valence-corrected chi connectivity index (χ4v) is 4.06. The molecule has 194 valence electrons. The summed E-state index contributed by atoms with van der Waals surface area (Å²) in [4.78, 5) is 41.8. The molecule has 0 saturated heterocycles. The number of carbonyl (C=O) groups excluding carboxylic acids is 3. The zero-order valence-electron chi connectivity index (χ0n) is 22.5. The van der Waals surface area contributed by atoms with Gasteiger partial charge in [-0.15, -0.1) is 6.42 Å². The molecular weight excluding hydrogens is 462 g/mol. The van der Waals surface area contributed by atoms with Crippen molar-refractivity contribution in [3.05, 3.63) is 35.4 Å². The summed E-state index contributed by atoms with van der Waals surface area (Å²) < 4.78 is 5.41. The number of alkyl carbamates (subject to hydrolysis) is 1. The minimum Gasteiger partial charge on any atom is -0.444 e. The molecule has 0 fully saturated rings. The Morgan fingerprint density at radius 3 is 2.17 bits per heavy atom. The van der Waals surface area contributed by atoms with E-state index in [1.165, 1.54) is 4.90 Å². The quantitative estimate of drug-likeness (QED) is 0.484. The Kier molecular flexibility index (Phi) is 11.2. The minimum atomic E-state index is -0.991. The van der Waals surface area contributed by atoms with Crippen LogP contribution in [0.5, 0.6) is 0 Å². The Labute approximate surface area is 215 Å². The maximum Gasteiger partial charge on any atom is 0.408 e. The van der Waals surface area contributed by atoms with Crippen molar-refractivity contribution in [2.24, 2.45) is 0 Å². The molecule has 8 heteroatoms. The van der Waals surface area contributed by atoms with Crippen molar-refractivity contribution >= 4 is 29.7 Å². The van der Waals surface area contributed by atoms with Gasteiger partial charge in [0.05, 0.1) is 0 Å². The zero-order chi connectivity index (χ0) is 27.0. The molecule has 0 aliphatic heterocycles. The predicted molar refractivity (Wildman–Crippen MR) is 143 cm³/mol. The summed E-state index contributed by atoms with van der Waals surface area (Å²) >= 11 is 1.56. The molecule has 35 heavy (non-hydrogen) atoms. The van der Waals surface area contributed by atoms with E-state index in [1.807, 2.05) is 40.9 Å². The second-order valence-corrected chi connectivity index (χ2v) is 11.6. The average Bonchev–Trinajstić information content (AvgIpc) is 2.71. The van der Waals surface area contributed by atoms with Gasteiger partial charge in [0.25, 0.3) is 0 Å². The van der Waals surface area contributed by atoms with Crippen LogP contribution in [-0.4, -0.2) is 58.0 Å². The molecule has 2 atom stereocenters. The third-order valence-corrected chi connectivity index (χ3v) is 5.55. The summed E-state index contributed by atoms with van der Waals surface area (Å²) in [5.41, 5.74) is -0.409. The van der Waals surface area contributed by atoms with Crippen molar-refractivity contribution in [2.45, 2.75) is 91.1 Å². The van der Waals surface area contributed by atoms with Crippen LogP contribution in [0.25, 0.3) is 0 Å². The van der Waals surface area contributed by atoms with Crippen molar-refractivity contribution in [1.29, 1.82) is 0 Å². The third-order valence-electron chi connectivity index (χ3n) is 4.91. The number of nitrogens with zero attached hydrogens (tertiary/aromatic N) is 1. The van der Waals surface area contributed by atoms with Crippen molar-refractivity contribution in [1.82, 2.24) is 15.5 Å². The summed E-state index contributed by atoms with van der Waals surface area (Å²) in [5.74, 6) is 2.55. The zero-order valence-corrected chi connectivity index (χ0v) is 23.3. The van der Waals surface area contributed by atoms with E-state index in [1.54, 1.807) is 56.8 Å². The molecule has 0 saturated carbocycles. The molecule has 2 unspecified atom stereocenters. The minimum absolute atomic E-state index is 0.146. The SMILES string of the molecule is C#Cc1ccccc1C(C(=O)NC(C)C)N(C(=O)C(CCSC)NC(=O)OC(C)(C)C)C(C)(C)C. The van der Waals surface area contributed by atoms with Crippen LogP contribution in [-0.2, 0) is 14.3 Å².